The SMILES string of the molecule is Brc1cncc2c1OC(C1CC1)CN2. The molecule has 1 unspecified atom stereocenters. The molecular weight excluding hydrogens is 244 g/mol. The first kappa shape index (κ1) is 8.53. The van der Waals surface area contributed by atoms with Crippen molar-refractivity contribution < 1.29 is 4.74 Å². The Labute approximate surface area is 91.0 Å². The van der Waals surface area contributed by atoms with Crippen LogP contribution < -0.4 is 10.1 Å². The second-order valence-electron chi connectivity index (χ2n) is 3.87. The molecule has 0 saturated heterocycles. The summed E-state index contributed by atoms with van der Waals surface area (Å²) in [7, 11) is 0. The Morgan fingerprint density at radius 1 is 1.43 bits per heavy atom. The Morgan fingerprint density at radius 2 is 2.29 bits per heavy atom. The number of hydrogen-bond acceptors (Lipinski definition) is 3. The third kappa shape index (κ3) is 1.38. The third-order valence-electron chi connectivity index (χ3n) is 2.76. The Balaban J connectivity index is 1.91. The monoisotopic (exact) mass is 254 g/mol. The molecule has 0 aromatic carbocycles. The van der Waals surface area contributed by atoms with E-state index in [1.54, 1.807) is 6.20 Å². The van der Waals surface area contributed by atoms with Gasteiger partial charge in [0.15, 0.2) is 5.75 Å². The number of anilines is 1. The molecule has 2 aliphatic rings. The summed E-state index contributed by atoms with van der Waals surface area (Å²) in [5, 5.41) is 3.36. The number of nitrogens with zero attached hydrogens (tertiary/aromatic N) is 1. The van der Waals surface area contributed by atoms with Crippen molar-refractivity contribution in [2.45, 2.75) is 18.9 Å². The number of pyridine rings is 1. The van der Waals surface area contributed by atoms with Crippen LogP contribution in [0.2, 0.25) is 0 Å². The molecule has 1 N–H and O–H groups in total. The number of hydrogen-bond donors (Lipinski definition) is 1. The molecule has 1 aliphatic heterocycles. The van der Waals surface area contributed by atoms with Gasteiger partial charge in [-0.1, -0.05) is 0 Å². The summed E-state index contributed by atoms with van der Waals surface area (Å²) in [6.07, 6.45) is 6.55. The second kappa shape index (κ2) is 3.12. The molecule has 1 atom stereocenters. The van der Waals surface area contributed by atoms with Gasteiger partial charge in [0, 0.05) is 6.20 Å². The molecule has 4 heteroatoms. The van der Waals surface area contributed by atoms with Crippen molar-refractivity contribution >= 4 is 21.6 Å². The van der Waals surface area contributed by atoms with E-state index in [-0.39, 0.29) is 0 Å². The first-order chi connectivity index (χ1) is 6.84. The molecule has 3 rings (SSSR count). The Hall–Kier alpha value is -0.770. The number of aromatic nitrogens is 1. The van der Waals surface area contributed by atoms with Gasteiger partial charge in [-0.15, -0.1) is 0 Å². The van der Waals surface area contributed by atoms with Gasteiger partial charge in [-0.25, -0.2) is 0 Å². The molecule has 1 saturated carbocycles. The second-order valence-corrected chi connectivity index (χ2v) is 4.73. The molecule has 1 aromatic heterocycles. The van der Waals surface area contributed by atoms with E-state index in [1.165, 1.54) is 12.8 Å². The van der Waals surface area contributed by atoms with Gasteiger partial charge < -0.3 is 10.1 Å². The molecule has 0 bridgehead atoms. The molecule has 1 fully saturated rings. The molecule has 0 spiro atoms. The molecule has 1 aromatic rings. The number of fused-ring (bicyclic) bond motifs is 1. The predicted octanol–water partition coefficient (Wildman–Crippen LogP) is 2.43. The molecule has 74 valence electrons. The maximum Gasteiger partial charge on any atom is 0.160 e. The van der Waals surface area contributed by atoms with E-state index in [0.29, 0.717) is 6.10 Å². The highest BCUT2D eigenvalue weighted by Crippen LogP contribution is 2.41. The van der Waals surface area contributed by atoms with Gasteiger partial charge in [0.05, 0.1) is 22.9 Å². The van der Waals surface area contributed by atoms with Gasteiger partial charge in [-0.2, -0.15) is 0 Å². The minimum Gasteiger partial charge on any atom is -0.485 e. The van der Waals surface area contributed by atoms with Gasteiger partial charge in [-0.05, 0) is 34.7 Å². The average molecular weight is 255 g/mol. The van der Waals surface area contributed by atoms with E-state index >= 15 is 0 Å². The standard InChI is InChI=1S/C10H11BrN2O/c11-7-3-12-4-8-10(7)14-9(5-13-8)6-1-2-6/h3-4,6,9,13H,1-2,5H2. The highest BCUT2D eigenvalue weighted by Gasteiger charge is 2.35. The van der Waals surface area contributed by atoms with Crippen LogP contribution >= 0.6 is 15.9 Å². The zero-order valence-corrected chi connectivity index (χ0v) is 9.25. The quantitative estimate of drug-likeness (QED) is 0.836. The normalized spacial score (nSPS) is 24.8. The molecule has 14 heavy (non-hydrogen) atoms. The minimum atomic E-state index is 0.348. The first-order valence-corrected chi connectivity index (χ1v) is 5.68. The zero-order valence-electron chi connectivity index (χ0n) is 7.66. The number of halogens is 1. The van der Waals surface area contributed by atoms with Crippen molar-refractivity contribution in [1.82, 2.24) is 4.98 Å². The maximum atomic E-state index is 5.94. The summed E-state index contributed by atoms with van der Waals surface area (Å²) >= 11 is 3.45. The van der Waals surface area contributed by atoms with Gasteiger partial charge in [0.2, 0.25) is 0 Å². The summed E-state index contributed by atoms with van der Waals surface area (Å²) in [4.78, 5) is 4.09. The average Bonchev–Trinajstić information content (AvgIpc) is 3.01. The smallest absolute Gasteiger partial charge is 0.160 e. The van der Waals surface area contributed by atoms with Crippen LogP contribution in [0.3, 0.4) is 0 Å². The minimum absolute atomic E-state index is 0.348. The lowest BCUT2D eigenvalue weighted by atomic mass is 10.2. The topological polar surface area (TPSA) is 34.1 Å². The van der Waals surface area contributed by atoms with E-state index in [2.05, 4.69) is 26.2 Å². The van der Waals surface area contributed by atoms with E-state index in [4.69, 9.17) is 4.74 Å². The van der Waals surface area contributed by atoms with Crippen molar-refractivity contribution in [1.29, 1.82) is 0 Å². The number of ether oxygens (including phenoxy) is 1. The molecular formula is C10H11BrN2O. The molecule has 2 heterocycles. The maximum absolute atomic E-state index is 5.94. The fourth-order valence-corrected chi connectivity index (χ4v) is 2.23. The summed E-state index contributed by atoms with van der Waals surface area (Å²) in [5.74, 6) is 1.68. The van der Waals surface area contributed by atoms with Crippen LogP contribution in [0.4, 0.5) is 5.69 Å². The van der Waals surface area contributed by atoms with Crippen LogP contribution in [0.5, 0.6) is 5.75 Å². The van der Waals surface area contributed by atoms with Crippen LogP contribution in [0, 0.1) is 5.92 Å². The first-order valence-electron chi connectivity index (χ1n) is 4.88. The van der Waals surface area contributed by atoms with Crippen molar-refractivity contribution in [2.24, 2.45) is 5.92 Å². The molecule has 0 amide bonds. The Bertz CT molecular complexity index is 365. The van der Waals surface area contributed by atoms with E-state index in [0.717, 1.165) is 28.4 Å². The van der Waals surface area contributed by atoms with Gasteiger partial charge in [-0.3, -0.25) is 4.98 Å². The van der Waals surface area contributed by atoms with Crippen LogP contribution in [0.25, 0.3) is 0 Å². The van der Waals surface area contributed by atoms with E-state index in [9.17, 15) is 0 Å². The Morgan fingerprint density at radius 3 is 3.07 bits per heavy atom. The largest absolute Gasteiger partial charge is 0.485 e. The highest BCUT2D eigenvalue weighted by atomic mass is 79.9. The molecule has 1 aliphatic carbocycles. The third-order valence-corrected chi connectivity index (χ3v) is 3.33. The van der Waals surface area contributed by atoms with Crippen molar-refractivity contribution in [2.75, 3.05) is 11.9 Å². The van der Waals surface area contributed by atoms with Crippen molar-refractivity contribution in [3.63, 3.8) is 0 Å². The number of nitrogens with one attached hydrogen (secondary N) is 1. The van der Waals surface area contributed by atoms with Gasteiger partial charge >= 0.3 is 0 Å². The van der Waals surface area contributed by atoms with Crippen LogP contribution in [-0.2, 0) is 0 Å². The van der Waals surface area contributed by atoms with E-state index in [1.807, 2.05) is 6.20 Å². The van der Waals surface area contributed by atoms with Crippen molar-refractivity contribution in [3.05, 3.63) is 16.9 Å². The molecule has 0 radical (unpaired) electrons. The fourth-order valence-electron chi connectivity index (χ4n) is 1.80. The van der Waals surface area contributed by atoms with Crippen molar-refractivity contribution in [3.8, 4) is 5.75 Å². The Kier molecular flexibility index (Phi) is 1.90. The van der Waals surface area contributed by atoms with Gasteiger partial charge in [0.25, 0.3) is 0 Å². The lowest BCUT2D eigenvalue weighted by Crippen LogP contribution is -2.32. The predicted molar refractivity (Wildman–Crippen MR) is 57.6 cm³/mol. The molecule has 3 nitrogen and oxygen atoms in total. The van der Waals surface area contributed by atoms with E-state index < -0.39 is 0 Å². The van der Waals surface area contributed by atoms with Crippen LogP contribution in [0.15, 0.2) is 16.9 Å². The van der Waals surface area contributed by atoms with Crippen LogP contribution in [-0.4, -0.2) is 17.6 Å². The fraction of sp³-hybridized carbons (Fsp3) is 0.500. The summed E-state index contributed by atoms with van der Waals surface area (Å²) in [6, 6.07) is 0. The lowest BCUT2D eigenvalue weighted by Gasteiger charge is -2.27. The summed E-state index contributed by atoms with van der Waals surface area (Å²) in [5.41, 5.74) is 0.997. The van der Waals surface area contributed by atoms with Crippen LogP contribution in [0.1, 0.15) is 12.8 Å². The highest BCUT2D eigenvalue weighted by molar-refractivity contribution is 9.10. The zero-order chi connectivity index (χ0) is 9.54. The summed E-state index contributed by atoms with van der Waals surface area (Å²) < 4.78 is 6.88. The lowest BCUT2D eigenvalue weighted by molar-refractivity contribution is 0.181. The van der Waals surface area contributed by atoms with Gasteiger partial charge in [0.1, 0.15) is 6.10 Å². The summed E-state index contributed by atoms with van der Waals surface area (Å²) in [6.45, 7) is 0.913. The number of rotatable bonds is 1.